The number of carbonyl (C=O) groups excluding carboxylic acids is 1. The molecule has 3 rings (SSSR count). The summed E-state index contributed by atoms with van der Waals surface area (Å²) >= 11 is 0. The van der Waals surface area contributed by atoms with Crippen LogP contribution in [0.25, 0.3) is 0 Å². The molecule has 1 saturated heterocycles. The van der Waals surface area contributed by atoms with Crippen LogP contribution < -0.4 is 15.5 Å². The molecule has 2 N–H and O–H groups in total. The average Bonchev–Trinajstić information content (AvgIpc) is 3.11. The molecule has 0 bridgehead atoms. The van der Waals surface area contributed by atoms with Gasteiger partial charge in [-0.25, -0.2) is 4.79 Å². The van der Waals surface area contributed by atoms with Gasteiger partial charge in [-0.1, -0.05) is 0 Å². The Morgan fingerprint density at radius 1 is 0.913 bits per heavy atom. The van der Waals surface area contributed by atoms with Crippen LogP contribution in [0.1, 0.15) is 18.4 Å². The third kappa shape index (κ3) is 3.80. The lowest BCUT2D eigenvalue weighted by atomic mass is 10.2. The van der Waals surface area contributed by atoms with Gasteiger partial charge in [0.05, 0.1) is 11.6 Å². The summed E-state index contributed by atoms with van der Waals surface area (Å²) in [5, 5.41) is 14.3. The molecule has 0 spiro atoms. The van der Waals surface area contributed by atoms with Crippen molar-refractivity contribution in [3.8, 4) is 6.07 Å². The first-order chi connectivity index (χ1) is 11.2. The number of rotatable bonds is 3. The van der Waals surface area contributed by atoms with Crippen LogP contribution in [0.5, 0.6) is 0 Å². The smallest absolute Gasteiger partial charge is 0.323 e. The monoisotopic (exact) mass is 306 g/mol. The van der Waals surface area contributed by atoms with Gasteiger partial charge in [-0.2, -0.15) is 5.26 Å². The lowest BCUT2D eigenvalue weighted by Crippen LogP contribution is -2.20. The zero-order chi connectivity index (χ0) is 16.1. The normalized spacial score (nSPS) is 13.4. The molecule has 1 fully saturated rings. The Bertz CT molecular complexity index is 710. The van der Waals surface area contributed by atoms with Gasteiger partial charge in [0, 0.05) is 30.2 Å². The second-order valence-corrected chi connectivity index (χ2v) is 5.51. The van der Waals surface area contributed by atoms with E-state index < -0.39 is 0 Å². The SMILES string of the molecule is N#Cc1ccc(NC(=O)Nc2ccc(N3CCCC3)cc2)cc1. The van der Waals surface area contributed by atoms with Crippen LogP contribution in [-0.4, -0.2) is 19.1 Å². The summed E-state index contributed by atoms with van der Waals surface area (Å²) in [6, 6.07) is 16.4. The minimum absolute atomic E-state index is 0.302. The molecule has 1 aliphatic heterocycles. The van der Waals surface area contributed by atoms with E-state index in [9.17, 15) is 4.79 Å². The fourth-order valence-electron chi connectivity index (χ4n) is 2.65. The second kappa shape index (κ2) is 6.84. The van der Waals surface area contributed by atoms with E-state index in [0.717, 1.165) is 18.8 Å². The van der Waals surface area contributed by atoms with Crippen LogP contribution in [0, 0.1) is 11.3 Å². The van der Waals surface area contributed by atoms with E-state index in [-0.39, 0.29) is 6.03 Å². The molecule has 5 heteroatoms. The maximum absolute atomic E-state index is 12.0. The standard InChI is InChI=1S/C18H18N4O/c19-13-14-3-5-15(6-4-14)20-18(23)21-16-7-9-17(10-8-16)22-11-1-2-12-22/h3-10H,1-2,11-12H2,(H2,20,21,23). The Hall–Kier alpha value is -3.00. The molecule has 0 saturated carbocycles. The van der Waals surface area contributed by atoms with Crippen molar-refractivity contribution >= 4 is 23.1 Å². The van der Waals surface area contributed by atoms with Crippen LogP contribution >= 0.6 is 0 Å². The van der Waals surface area contributed by atoms with Crippen LogP contribution in [0.2, 0.25) is 0 Å². The summed E-state index contributed by atoms with van der Waals surface area (Å²) in [4.78, 5) is 14.3. The predicted octanol–water partition coefficient (Wildman–Crippen LogP) is 3.80. The van der Waals surface area contributed by atoms with Crippen molar-refractivity contribution in [3.05, 3.63) is 54.1 Å². The summed E-state index contributed by atoms with van der Waals surface area (Å²) in [5.41, 5.74) is 3.16. The molecular weight excluding hydrogens is 288 g/mol. The largest absolute Gasteiger partial charge is 0.372 e. The van der Waals surface area contributed by atoms with E-state index in [4.69, 9.17) is 5.26 Å². The van der Waals surface area contributed by atoms with E-state index in [1.54, 1.807) is 24.3 Å². The molecule has 0 atom stereocenters. The predicted molar refractivity (Wildman–Crippen MR) is 91.7 cm³/mol. The maximum Gasteiger partial charge on any atom is 0.323 e. The Morgan fingerprint density at radius 3 is 1.96 bits per heavy atom. The van der Waals surface area contributed by atoms with Crippen molar-refractivity contribution in [2.75, 3.05) is 28.6 Å². The molecule has 0 aliphatic carbocycles. The minimum Gasteiger partial charge on any atom is -0.372 e. The van der Waals surface area contributed by atoms with Crippen LogP contribution in [0.4, 0.5) is 21.9 Å². The molecule has 0 unspecified atom stereocenters. The van der Waals surface area contributed by atoms with Gasteiger partial charge < -0.3 is 15.5 Å². The molecule has 23 heavy (non-hydrogen) atoms. The van der Waals surface area contributed by atoms with E-state index >= 15 is 0 Å². The van der Waals surface area contributed by atoms with Crippen molar-refractivity contribution in [2.45, 2.75) is 12.8 Å². The lowest BCUT2D eigenvalue weighted by molar-refractivity contribution is 0.262. The average molecular weight is 306 g/mol. The van der Waals surface area contributed by atoms with Gasteiger partial charge in [-0.3, -0.25) is 0 Å². The minimum atomic E-state index is -0.302. The fourth-order valence-corrected chi connectivity index (χ4v) is 2.65. The highest BCUT2D eigenvalue weighted by Crippen LogP contribution is 2.22. The highest BCUT2D eigenvalue weighted by atomic mass is 16.2. The highest BCUT2D eigenvalue weighted by molar-refractivity contribution is 5.99. The molecule has 5 nitrogen and oxygen atoms in total. The number of carbonyl (C=O) groups is 1. The van der Waals surface area contributed by atoms with E-state index in [2.05, 4.69) is 15.5 Å². The summed E-state index contributed by atoms with van der Waals surface area (Å²) < 4.78 is 0. The first kappa shape index (κ1) is 14.9. The van der Waals surface area contributed by atoms with Crippen molar-refractivity contribution in [1.82, 2.24) is 0 Å². The summed E-state index contributed by atoms with van der Waals surface area (Å²) in [6.07, 6.45) is 2.49. The highest BCUT2D eigenvalue weighted by Gasteiger charge is 2.12. The van der Waals surface area contributed by atoms with Gasteiger partial charge in [0.15, 0.2) is 0 Å². The molecule has 0 aromatic heterocycles. The number of urea groups is 1. The molecule has 2 amide bonds. The quantitative estimate of drug-likeness (QED) is 0.906. The maximum atomic E-state index is 12.0. The van der Waals surface area contributed by atoms with E-state index in [1.165, 1.54) is 18.5 Å². The van der Waals surface area contributed by atoms with Crippen molar-refractivity contribution in [1.29, 1.82) is 5.26 Å². The third-order valence-electron chi connectivity index (χ3n) is 3.87. The topological polar surface area (TPSA) is 68.2 Å². The fraction of sp³-hybridized carbons (Fsp3) is 0.222. The number of nitriles is 1. The van der Waals surface area contributed by atoms with Gasteiger partial charge >= 0.3 is 6.03 Å². The number of nitrogens with zero attached hydrogens (tertiary/aromatic N) is 2. The Labute approximate surface area is 135 Å². The number of hydrogen-bond donors (Lipinski definition) is 2. The number of nitrogens with one attached hydrogen (secondary N) is 2. The van der Waals surface area contributed by atoms with Gasteiger partial charge in [0.25, 0.3) is 0 Å². The van der Waals surface area contributed by atoms with Crippen LogP contribution in [0.15, 0.2) is 48.5 Å². The molecule has 1 aliphatic rings. The number of benzene rings is 2. The molecule has 2 aromatic rings. The Morgan fingerprint density at radius 2 is 1.43 bits per heavy atom. The van der Waals surface area contributed by atoms with E-state index in [1.807, 2.05) is 30.3 Å². The Kier molecular flexibility index (Phi) is 4.44. The molecule has 0 radical (unpaired) electrons. The van der Waals surface area contributed by atoms with E-state index in [0.29, 0.717) is 11.3 Å². The first-order valence-corrected chi connectivity index (χ1v) is 7.68. The molecule has 2 aromatic carbocycles. The third-order valence-corrected chi connectivity index (χ3v) is 3.87. The van der Waals surface area contributed by atoms with Crippen molar-refractivity contribution in [2.24, 2.45) is 0 Å². The number of hydrogen-bond acceptors (Lipinski definition) is 3. The summed E-state index contributed by atoms with van der Waals surface area (Å²) in [7, 11) is 0. The lowest BCUT2D eigenvalue weighted by Gasteiger charge is -2.17. The molecule has 1 heterocycles. The summed E-state index contributed by atoms with van der Waals surface area (Å²) in [5.74, 6) is 0. The number of anilines is 3. The van der Waals surface area contributed by atoms with Gasteiger partial charge in [-0.15, -0.1) is 0 Å². The number of amides is 2. The van der Waals surface area contributed by atoms with Gasteiger partial charge in [0.1, 0.15) is 0 Å². The zero-order valence-electron chi connectivity index (χ0n) is 12.7. The van der Waals surface area contributed by atoms with Crippen LogP contribution in [-0.2, 0) is 0 Å². The second-order valence-electron chi connectivity index (χ2n) is 5.51. The first-order valence-electron chi connectivity index (χ1n) is 7.68. The van der Waals surface area contributed by atoms with Gasteiger partial charge in [-0.05, 0) is 61.4 Å². The molecular formula is C18H18N4O. The van der Waals surface area contributed by atoms with Crippen molar-refractivity contribution < 1.29 is 4.79 Å². The zero-order valence-corrected chi connectivity index (χ0v) is 12.7. The summed E-state index contributed by atoms with van der Waals surface area (Å²) in [6.45, 7) is 2.21. The Balaban J connectivity index is 1.57. The van der Waals surface area contributed by atoms with Crippen molar-refractivity contribution in [3.63, 3.8) is 0 Å². The molecule has 116 valence electrons. The van der Waals surface area contributed by atoms with Crippen LogP contribution in [0.3, 0.4) is 0 Å². The van der Waals surface area contributed by atoms with Gasteiger partial charge in [0.2, 0.25) is 0 Å².